The largest absolute Gasteiger partial charge is 0.469 e. The molecule has 2 unspecified atom stereocenters. The van der Waals surface area contributed by atoms with Gasteiger partial charge in [-0.1, -0.05) is 67.6 Å². The standard InChI is InChI=1S/C21H23NO4/c1-15(20(23)25-2)14-18(21(24)26-3)22-19(16-10-6-4-7-11-16)17-12-8-5-9-13-17/h4-13,15,18H,14H2,1-3H3. The molecule has 0 aliphatic heterocycles. The lowest BCUT2D eigenvalue weighted by Gasteiger charge is -2.17. The van der Waals surface area contributed by atoms with E-state index in [0.29, 0.717) is 5.71 Å². The minimum Gasteiger partial charge on any atom is -0.469 e. The summed E-state index contributed by atoms with van der Waals surface area (Å²) in [4.78, 5) is 28.7. The molecule has 0 spiro atoms. The van der Waals surface area contributed by atoms with Crippen LogP contribution in [0.1, 0.15) is 24.5 Å². The van der Waals surface area contributed by atoms with E-state index in [1.54, 1.807) is 6.92 Å². The highest BCUT2D eigenvalue weighted by molar-refractivity contribution is 6.13. The molecule has 0 saturated carbocycles. The van der Waals surface area contributed by atoms with Crippen LogP contribution in [-0.2, 0) is 19.1 Å². The second-order valence-corrected chi connectivity index (χ2v) is 5.91. The Morgan fingerprint density at radius 1 is 0.846 bits per heavy atom. The van der Waals surface area contributed by atoms with Crippen LogP contribution in [0.25, 0.3) is 0 Å². The van der Waals surface area contributed by atoms with Crippen LogP contribution in [0.2, 0.25) is 0 Å². The monoisotopic (exact) mass is 353 g/mol. The van der Waals surface area contributed by atoms with E-state index in [1.165, 1.54) is 14.2 Å². The van der Waals surface area contributed by atoms with Crippen LogP contribution in [0.3, 0.4) is 0 Å². The number of hydrogen-bond acceptors (Lipinski definition) is 5. The Hall–Kier alpha value is -2.95. The van der Waals surface area contributed by atoms with Gasteiger partial charge in [-0.15, -0.1) is 0 Å². The third-order valence-corrected chi connectivity index (χ3v) is 4.03. The molecule has 0 saturated heterocycles. The molecule has 0 fully saturated rings. The summed E-state index contributed by atoms with van der Waals surface area (Å²) < 4.78 is 9.66. The summed E-state index contributed by atoms with van der Waals surface area (Å²) in [6, 6.07) is 18.4. The van der Waals surface area contributed by atoms with E-state index in [9.17, 15) is 9.59 Å². The first-order chi connectivity index (χ1) is 12.6. The van der Waals surface area contributed by atoms with Gasteiger partial charge in [-0.3, -0.25) is 9.79 Å². The predicted octanol–water partition coefficient (Wildman–Crippen LogP) is 3.26. The fourth-order valence-electron chi connectivity index (χ4n) is 2.63. The summed E-state index contributed by atoms with van der Waals surface area (Å²) >= 11 is 0. The molecule has 0 radical (unpaired) electrons. The summed E-state index contributed by atoms with van der Waals surface area (Å²) in [5.74, 6) is -1.33. The number of nitrogens with zero attached hydrogens (tertiary/aromatic N) is 1. The Morgan fingerprint density at radius 3 is 1.73 bits per heavy atom. The molecule has 2 atom stereocenters. The molecular weight excluding hydrogens is 330 g/mol. The molecule has 0 bridgehead atoms. The van der Waals surface area contributed by atoms with Crippen LogP contribution in [0.4, 0.5) is 0 Å². The lowest BCUT2D eigenvalue weighted by Crippen LogP contribution is -2.28. The Morgan fingerprint density at radius 2 is 1.31 bits per heavy atom. The smallest absolute Gasteiger partial charge is 0.330 e. The van der Waals surface area contributed by atoms with E-state index >= 15 is 0 Å². The van der Waals surface area contributed by atoms with E-state index in [4.69, 9.17) is 9.47 Å². The Balaban J connectivity index is 2.46. The van der Waals surface area contributed by atoms with Gasteiger partial charge >= 0.3 is 11.9 Å². The van der Waals surface area contributed by atoms with Crippen LogP contribution in [0, 0.1) is 5.92 Å². The van der Waals surface area contributed by atoms with Crippen LogP contribution in [0.5, 0.6) is 0 Å². The number of methoxy groups -OCH3 is 2. The molecule has 2 aromatic carbocycles. The fraction of sp³-hybridized carbons (Fsp3) is 0.286. The summed E-state index contributed by atoms with van der Waals surface area (Å²) in [7, 11) is 2.65. The maximum absolute atomic E-state index is 12.3. The van der Waals surface area contributed by atoms with Crippen LogP contribution in [0.15, 0.2) is 65.7 Å². The summed E-state index contributed by atoms with van der Waals surface area (Å²) in [6.45, 7) is 1.71. The van der Waals surface area contributed by atoms with E-state index in [0.717, 1.165) is 11.1 Å². The second kappa shape index (κ2) is 9.51. The average molecular weight is 353 g/mol. The number of carbonyl (C=O) groups excluding carboxylic acids is 2. The number of carbonyl (C=O) groups is 2. The highest BCUT2D eigenvalue weighted by Crippen LogP contribution is 2.17. The van der Waals surface area contributed by atoms with E-state index < -0.39 is 17.9 Å². The van der Waals surface area contributed by atoms with Crippen molar-refractivity contribution >= 4 is 17.7 Å². The van der Waals surface area contributed by atoms with Gasteiger partial charge < -0.3 is 9.47 Å². The highest BCUT2D eigenvalue weighted by Gasteiger charge is 2.26. The van der Waals surface area contributed by atoms with Crippen molar-refractivity contribution < 1.29 is 19.1 Å². The number of aliphatic imine (C=N–C) groups is 1. The lowest BCUT2D eigenvalue weighted by atomic mass is 9.99. The SMILES string of the molecule is COC(=O)C(C)CC(N=C(c1ccccc1)c1ccccc1)C(=O)OC. The van der Waals surface area contributed by atoms with Gasteiger partial charge in [0.25, 0.3) is 0 Å². The van der Waals surface area contributed by atoms with Crippen molar-refractivity contribution in [2.75, 3.05) is 14.2 Å². The first-order valence-corrected chi connectivity index (χ1v) is 8.41. The zero-order valence-corrected chi connectivity index (χ0v) is 15.2. The fourth-order valence-corrected chi connectivity index (χ4v) is 2.63. The van der Waals surface area contributed by atoms with Gasteiger partial charge in [-0.2, -0.15) is 0 Å². The molecule has 2 rings (SSSR count). The van der Waals surface area contributed by atoms with Crippen LogP contribution in [-0.4, -0.2) is 37.9 Å². The normalized spacial score (nSPS) is 12.6. The number of rotatable bonds is 7. The van der Waals surface area contributed by atoms with E-state index in [2.05, 4.69) is 4.99 Å². The Labute approximate surface area is 153 Å². The minimum absolute atomic E-state index is 0.211. The van der Waals surface area contributed by atoms with Crippen molar-refractivity contribution in [2.24, 2.45) is 10.9 Å². The molecule has 0 aliphatic rings. The van der Waals surface area contributed by atoms with Crippen molar-refractivity contribution in [1.82, 2.24) is 0 Å². The molecule has 5 heteroatoms. The van der Waals surface area contributed by atoms with Crippen molar-refractivity contribution in [3.05, 3.63) is 71.8 Å². The van der Waals surface area contributed by atoms with Gasteiger partial charge in [0.1, 0.15) is 6.04 Å². The predicted molar refractivity (Wildman–Crippen MR) is 100 cm³/mol. The summed E-state index contributed by atoms with van der Waals surface area (Å²) in [6.07, 6.45) is 0.211. The number of hydrogen-bond donors (Lipinski definition) is 0. The molecule has 136 valence electrons. The van der Waals surface area contributed by atoms with E-state index in [-0.39, 0.29) is 12.4 Å². The van der Waals surface area contributed by atoms with E-state index in [1.807, 2.05) is 60.7 Å². The highest BCUT2D eigenvalue weighted by atomic mass is 16.5. The Kier molecular flexibility index (Phi) is 7.09. The maximum atomic E-state index is 12.3. The molecule has 0 amide bonds. The number of ether oxygens (including phenoxy) is 2. The van der Waals surface area contributed by atoms with Gasteiger partial charge in [0.05, 0.1) is 25.8 Å². The van der Waals surface area contributed by atoms with Crippen LogP contribution < -0.4 is 0 Å². The van der Waals surface area contributed by atoms with Crippen molar-refractivity contribution in [3.63, 3.8) is 0 Å². The quantitative estimate of drug-likeness (QED) is 0.566. The third-order valence-electron chi connectivity index (χ3n) is 4.03. The van der Waals surface area contributed by atoms with Crippen molar-refractivity contribution in [3.8, 4) is 0 Å². The third kappa shape index (κ3) is 5.02. The average Bonchev–Trinajstić information content (AvgIpc) is 2.70. The second-order valence-electron chi connectivity index (χ2n) is 5.91. The topological polar surface area (TPSA) is 65.0 Å². The molecule has 0 heterocycles. The zero-order chi connectivity index (χ0) is 18.9. The molecule has 0 aliphatic carbocycles. The molecule has 0 N–H and O–H groups in total. The molecular formula is C21H23NO4. The maximum Gasteiger partial charge on any atom is 0.330 e. The molecule has 5 nitrogen and oxygen atoms in total. The minimum atomic E-state index is -0.801. The van der Waals surface area contributed by atoms with Gasteiger partial charge in [0.2, 0.25) is 0 Å². The zero-order valence-electron chi connectivity index (χ0n) is 15.2. The number of benzene rings is 2. The van der Waals surface area contributed by atoms with Crippen molar-refractivity contribution in [2.45, 2.75) is 19.4 Å². The van der Waals surface area contributed by atoms with Gasteiger partial charge in [0, 0.05) is 11.1 Å². The summed E-state index contributed by atoms with van der Waals surface area (Å²) in [5.41, 5.74) is 2.45. The van der Waals surface area contributed by atoms with Gasteiger partial charge in [0.15, 0.2) is 0 Å². The number of esters is 2. The van der Waals surface area contributed by atoms with Gasteiger partial charge in [-0.25, -0.2) is 4.79 Å². The lowest BCUT2D eigenvalue weighted by molar-refractivity contribution is -0.146. The van der Waals surface area contributed by atoms with Crippen LogP contribution >= 0.6 is 0 Å². The summed E-state index contributed by atoms with van der Waals surface area (Å²) in [5, 5.41) is 0. The first kappa shape index (κ1) is 19.4. The molecule has 26 heavy (non-hydrogen) atoms. The molecule has 2 aromatic rings. The van der Waals surface area contributed by atoms with Gasteiger partial charge in [-0.05, 0) is 6.42 Å². The molecule has 0 aromatic heterocycles. The van der Waals surface area contributed by atoms with Crippen molar-refractivity contribution in [1.29, 1.82) is 0 Å². The Bertz CT molecular complexity index is 715. The first-order valence-electron chi connectivity index (χ1n) is 8.41.